The van der Waals surface area contributed by atoms with Crippen LogP contribution in [0.1, 0.15) is 35.3 Å². The minimum Gasteiger partial charge on any atom is -0.355 e. The number of thiophene rings is 1. The van der Waals surface area contributed by atoms with Crippen molar-refractivity contribution in [3.63, 3.8) is 0 Å². The first-order valence-corrected chi connectivity index (χ1v) is 12.7. The van der Waals surface area contributed by atoms with Gasteiger partial charge in [0.1, 0.15) is 17.0 Å². The molecule has 184 valence electrons. The molecule has 1 aliphatic carbocycles. The standard InChI is InChI=1S/C25H26F3N5OS/c1-32-20-6-15(2-3-16(20)7-21(32)34)11-29-17-4-5-24(9-17)12-33(13-24)22-19-8-18(10-25(26,27)28)35-23(19)31-14-30-22/h2-3,6,8,14,17,29H,4-5,7,9-13H2,1H3/t17-/m1/s1. The van der Waals surface area contributed by atoms with E-state index in [9.17, 15) is 18.0 Å². The highest BCUT2D eigenvalue weighted by atomic mass is 32.1. The second-order valence-corrected chi connectivity index (χ2v) is 11.3. The van der Waals surface area contributed by atoms with Crippen LogP contribution >= 0.6 is 11.3 Å². The number of likely N-dealkylation sites (N-methyl/N-ethyl adjacent to an activating group) is 1. The normalized spacial score (nSPS) is 21.3. The molecule has 2 aliphatic heterocycles. The Morgan fingerprint density at radius 3 is 2.86 bits per heavy atom. The lowest BCUT2D eigenvalue weighted by Gasteiger charge is -2.49. The third-order valence-corrected chi connectivity index (χ3v) is 8.65. The van der Waals surface area contributed by atoms with Gasteiger partial charge in [-0.05, 0) is 42.5 Å². The SMILES string of the molecule is CN1C(=O)Cc2ccc(CN[C@@H]3CCC4(C3)CN(c3ncnc5sc(CC(F)(F)F)cc35)C4)cc21. The van der Waals surface area contributed by atoms with Crippen LogP contribution in [-0.4, -0.2) is 48.2 Å². The summed E-state index contributed by atoms with van der Waals surface area (Å²) in [5.74, 6) is 0.885. The lowest BCUT2D eigenvalue weighted by Crippen LogP contribution is -2.56. The maximum absolute atomic E-state index is 12.8. The van der Waals surface area contributed by atoms with Gasteiger partial charge in [0.05, 0.1) is 18.2 Å². The molecule has 3 aliphatic rings. The largest absolute Gasteiger partial charge is 0.393 e. The fourth-order valence-electron chi connectivity index (χ4n) is 5.87. The molecule has 35 heavy (non-hydrogen) atoms. The summed E-state index contributed by atoms with van der Waals surface area (Å²) >= 11 is 1.10. The summed E-state index contributed by atoms with van der Waals surface area (Å²) in [5, 5.41) is 4.42. The monoisotopic (exact) mass is 501 g/mol. The molecule has 1 atom stereocenters. The lowest BCUT2D eigenvalue weighted by molar-refractivity contribution is -0.126. The smallest absolute Gasteiger partial charge is 0.355 e. The van der Waals surface area contributed by atoms with Gasteiger partial charge in [-0.25, -0.2) is 9.97 Å². The van der Waals surface area contributed by atoms with Gasteiger partial charge in [-0.15, -0.1) is 11.3 Å². The van der Waals surface area contributed by atoms with E-state index in [1.807, 2.05) is 7.05 Å². The van der Waals surface area contributed by atoms with E-state index >= 15 is 0 Å². The predicted octanol–water partition coefficient (Wildman–Crippen LogP) is 4.46. The van der Waals surface area contributed by atoms with Crippen LogP contribution in [0.15, 0.2) is 30.6 Å². The molecule has 1 N–H and O–H groups in total. The molecule has 10 heteroatoms. The Morgan fingerprint density at radius 2 is 2.06 bits per heavy atom. The van der Waals surface area contributed by atoms with Crippen molar-refractivity contribution < 1.29 is 18.0 Å². The summed E-state index contributed by atoms with van der Waals surface area (Å²) in [6.07, 6.45) is 0.0795. The van der Waals surface area contributed by atoms with Gasteiger partial charge < -0.3 is 15.1 Å². The van der Waals surface area contributed by atoms with Crippen LogP contribution in [0, 0.1) is 5.41 Å². The Balaban J connectivity index is 1.07. The van der Waals surface area contributed by atoms with Gasteiger partial charge in [0.25, 0.3) is 0 Å². The molecule has 1 saturated carbocycles. The number of halogens is 3. The summed E-state index contributed by atoms with van der Waals surface area (Å²) in [5.41, 5.74) is 3.50. The molecule has 0 bridgehead atoms. The highest BCUT2D eigenvalue weighted by Gasteiger charge is 2.48. The molecule has 4 heterocycles. The van der Waals surface area contributed by atoms with Crippen LogP contribution in [0.2, 0.25) is 0 Å². The number of benzene rings is 1. The van der Waals surface area contributed by atoms with E-state index in [1.165, 1.54) is 11.9 Å². The molecule has 6 rings (SSSR count). The van der Waals surface area contributed by atoms with E-state index in [0.29, 0.717) is 17.3 Å². The number of hydrogen-bond donors (Lipinski definition) is 1. The Bertz CT molecular complexity index is 1300. The fourth-order valence-corrected chi connectivity index (χ4v) is 6.89. The van der Waals surface area contributed by atoms with Crippen LogP contribution in [0.25, 0.3) is 10.2 Å². The van der Waals surface area contributed by atoms with Crippen molar-refractivity contribution in [2.45, 2.75) is 50.9 Å². The molecule has 3 aromatic rings. The van der Waals surface area contributed by atoms with Gasteiger partial charge in [0, 0.05) is 48.7 Å². The maximum Gasteiger partial charge on any atom is 0.393 e. The molecule has 0 unspecified atom stereocenters. The number of rotatable bonds is 5. The molecule has 6 nitrogen and oxygen atoms in total. The molecule has 1 spiro atoms. The summed E-state index contributed by atoms with van der Waals surface area (Å²) in [4.78, 5) is 25.4. The van der Waals surface area contributed by atoms with Gasteiger partial charge in [0.15, 0.2) is 0 Å². The number of nitrogens with zero attached hydrogens (tertiary/aromatic N) is 4. The molecule has 0 radical (unpaired) electrons. The van der Waals surface area contributed by atoms with Crippen LogP contribution in [0.3, 0.4) is 0 Å². The minimum absolute atomic E-state index is 0.136. The topological polar surface area (TPSA) is 61.4 Å². The van der Waals surface area contributed by atoms with E-state index in [4.69, 9.17) is 0 Å². The zero-order valence-electron chi connectivity index (χ0n) is 19.4. The van der Waals surface area contributed by atoms with E-state index < -0.39 is 12.6 Å². The first kappa shape index (κ1) is 22.7. The minimum atomic E-state index is -4.23. The van der Waals surface area contributed by atoms with E-state index in [-0.39, 0.29) is 16.2 Å². The van der Waals surface area contributed by atoms with Gasteiger partial charge in [-0.2, -0.15) is 13.2 Å². The number of carbonyl (C=O) groups is 1. The molecule has 1 amide bonds. The summed E-state index contributed by atoms with van der Waals surface area (Å²) in [6, 6.07) is 8.30. The lowest BCUT2D eigenvalue weighted by atomic mass is 9.78. The number of anilines is 2. The van der Waals surface area contributed by atoms with Crippen molar-refractivity contribution in [3.8, 4) is 0 Å². The number of amides is 1. The molecular weight excluding hydrogens is 475 g/mol. The zero-order chi connectivity index (χ0) is 24.4. The van der Waals surface area contributed by atoms with Crippen molar-refractivity contribution in [2.75, 3.05) is 29.9 Å². The average molecular weight is 502 g/mol. The second kappa shape index (κ2) is 8.16. The summed E-state index contributed by atoms with van der Waals surface area (Å²) in [6.45, 7) is 2.50. The number of alkyl halides is 3. The number of hydrogen-bond acceptors (Lipinski definition) is 6. The van der Waals surface area contributed by atoms with E-state index in [0.717, 1.165) is 72.7 Å². The van der Waals surface area contributed by atoms with Crippen LogP contribution < -0.4 is 15.1 Å². The molecular formula is C25H26F3N5OS. The van der Waals surface area contributed by atoms with Crippen molar-refractivity contribution in [1.29, 1.82) is 0 Å². The molecule has 2 aromatic heterocycles. The van der Waals surface area contributed by atoms with E-state index in [1.54, 1.807) is 11.0 Å². The van der Waals surface area contributed by atoms with E-state index in [2.05, 4.69) is 38.4 Å². The summed E-state index contributed by atoms with van der Waals surface area (Å²) < 4.78 is 38.5. The van der Waals surface area contributed by atoms with Gasteiger partial charge >= 0.3 is 6.18 Å². The number of nitrogens with one attached hydrogen (secondary N) is 1. The first-order chi connectivity index (χ1) is 16.7. The van der Waals surface area contributed by atoms with Crippen molar-refractivity contribution in [3.05, 3.63) is 46.6 Å². The van der Waals surface area contributed by atoms with Crippen molar-refractivity contribution in [1.82, 2.24) is 15.3 Å². The molecule has 2 fully saturated rings. The van der Waals surface area contributed by atoms with Gasteiger partial charge in [-0.3, -0.25) is 4.79 Å². The Kier molecular flexibility index (Phi) is 5.30. The Labute approximate surface area is 205 Å². The third kappa shape index (κ3) is 4.27. The van der Waals surface area contributed by atoms with Crippen molar-refractivity contribution in [2.24, 2.45) is 5.41 Å². The average Bonchev–Trinajstić information content (AvgIpc) is 3.46. The number of carbonyl (C=O) groups excluding carboxylic acids is 1. The third-order valence-electron chi connectivity index (χ3n) is 7.61. The highest BCUT2D eigenvalue weighted by molar-refractivity contribution is 7.18. The predicted molar refractivity (Wildman–Crippen MR) is 130 cm³/mol. The fraction of sp³-hybridized carbons (Fsp3) is 0.480. The maximum atomic E-state index is 12.8. The second-order valence-electron chi connectivity index (χ2n) is 10.2. The first-order valence-electron chi connectivity index (χ1n) is 11.8. The summed E-state index contributed by atoms with van der Waals surface area (Å²) in [7, 11) is 1.83. The van der Waals surface area contributed by atoms with Crippen molar-refractivity contribution >= 4 is 39.0 Å². The quantitative estimate of drug-likeness (QED) is 0.559. The van der Waals surface area contributed by atoms with Crippen LogP contribution in [0.5, 0.6) is 0 Å². The van der Waals surface area contributed by atoms with Crippen LogP contribution in [0.4, 0.5) is 24.7 Å². The number of aromatic nitrogens is 2. The Morgan fingerprint density at radius 1 is 1.23 bits per heavy atom. The van der Waals surface area contributed by atoms with Crippen LogP contribution in [-0.2, 0) is 24.2 Å². The van der Waals surface area contributed by atoms with Gasteiger partial charge in [0.2, 0.25) is 5.91 Å². The highest BCUT2D eigenvalue weighted by Crippen LogP contribution is 2.48. The Hall–Kier alpha value is -2.72. The zero-order valence-corrected chi connectivity index (χ0v) is 20.2. The molecule has 1 aromatic carbocycles. The molecule has 1 saturated heterocycles. The number of fused-ring (bicyclic) bond motifs is 2. The van der Waals surface area contributed by atoms with Gasteiger partial charge in [-0.1, -0.05) is 12.1 Å².